The second-order valence-electron chi connectivity index (χ2n) is 5.34. The third-order valence-corrected chi connectivity index (χ3v) is 4.75. The number of hydrogen-bond acceptors (Lipinski definition) is 3. The first kappa shape index (κ1) is 14.5. The highest BCUT2D eigenvalue weighted by molar-refractivity contribution is 7.99. The van der Waals surface area contributed by atoms with Gasteiger partial charge in [0.25, 0.3) is 0 Å². The number of thioether (sulfide) groups is 1. The molecule has 1 saturated carbocycles. The first-order valence-corrected chi connectivity index (χ1v) is 8.16. The van der Waals surface area contributed by atoms with Crippen LogP contribution < -0.4 is 5.32 Å². The molecule has 1 atom stereocenters. The Morgan fingerprint density at radius 3 is 2.84 bits per heavy atom. The lowest BCUT2D eigenvalue weighted by atomic mass is 10.2. The first-order valence-electron chi connectivity index (χ1n) is 7.01. The maximum absolute atomic E-state index is 12.1. The van der Waals surface area contributed by atoms with Crippen LogP contribution in [0.3, 0.4) is 0 Å². The van der Waals surface area contributed by atoms with Gasteiger partial charge in [-0.25, -0.2) is 4.79 Å². The first-order chi connectivity index (χ1) is 9.16. The Bertz CT molecular complexity index is 334. The van der Waals surface area contributed by atoms with Crippen LogP contribution in [0.2, 0.25) is 0 Å². The maximum Gasteiger partial charge on any atom is 0.317 e. The summed E-state index contributed by atoms with van der Waals surface area (Å²) in [4.78, 5) is 24.6. The second-order valence-corrected chi connectivity index (χ2v) is 6.49. The molecular weight excluding hydrogens is 264 g/mol. The van der Waals surface area contributed by atoms with Crippen LogP contribution >= 0.6 is 11.8 Å². The SMILES string of the molecule is O=C(O)CC1CSCCN1C(=O)NCCCC1CC1. The number of carboxylic acid groups (broad SMARTS) is 1. The molecule has 1 heterocycles. The number of rotatable bonds is 6. The fraction of sp³-hybridized carbons (Fsp3) is 0.846. The fourth-order valence-electron chi connectivity index (χ4n) is 2.39. The zero-order chi connectivity index (χ0) is 13.7. The zero-order valence-corrected chi connectivity index (χ0v) is 12.0. The zero-order valence-electron chi connectivity index (χ0n) is 11.1. The largest absolute Gasteiger partial charge is 0.481 e. The third kappa shape index (κ3) is 4.93. The number of aliphatic carboxylic acids is 1. The van der Waals surface area contributed by atoms with Gasteiger partial charge in [-0.3, -0.25) is 4.79 Å². The predicted octanol–water partition coefficient (Wildman–Crippen LogP) is 1.78. The van der Waals surface area contributed by atoms with E-state index in [9.17, 15) is 9.59 Å². The van der Waals surface area contributed by atoms with E-state index in [1.807, 2.05) is 0 Å². The molecule has 0 aromatic rings. The molecule has 1 aliphatic carbocycles. The van der Waals surface area contributed by atoms with Crippen LogP contribution in [0.15, 0.2) is 0 Å². The highest BCUT2D eigenvalue weighted by Gasteiger charge is 2.28. The molecule has 0 aromatic heterocycles. The standard InChI is InChI=1S/C13H22N2O3S/c16-12(17)8-11-9-19-7-6-15(11)13(18)14-5-1-2-10-3-4-10/h10-11H,1-9H2,(H,14,18)(H,16,17). The van der Waals surface area contributed by atoms with E-state index in [0.29, 0.717) is 13.1 Å². The molecule has 2 rings (SSSR count). The summed E-state index contributed by atoms with van der Waals surface area (Å²) >= 11 is 1.72. The molecule has 0 bridgehead atoms. The van der Waals surface area contributed by atoms with E-state index in [2.05, 4.69) is 5.32 Å². The molecule has 108 valence electrons. The number of nitrogens with zero attached hydrogens (tertiary/aromatic N) is 1. The molecule has 0 aromatic carbocycles. The van der Waals surface area contributed by atoms with Gasteiger partial charge in [0.2, 0.25) is 0 Å². The number of nitrogens with one attached hydrogen (secondary N) is 1. The molecule has 1 unspecified atom stereocenters. The average molecular weight is 286 g/mol. The van der Waals surface area contributed by atoms with Crippen molar-refractivity contribution in [1.82, 2.24) is 10.2 Å². The average Bonchev–Trinajstić information content (AvgIpc) is 3.18. The van der Waals surface area contributed by atoms with Crippen LogP contribution in [0.1, 0.15) is 32.1 Å². The molecule has 1 saturated heterocycles. The van der Waals surface area contributed by atoms with Crippen LogP contribution in [0.5, 0.6) is 0 Å². The smallest absolute Gasteiger partial charge is 0.317 e. The van der Waals surface area contributed by atoms with Gasteiger partial charge < -0.3 is 15.3 Å². The normalized spacial score (nSPS) is 23.2. The van der Waals surface area contributed by atoms with Gasteiger partial charge in [0.1, 0.15) is 0 Å². The quantitative estimate of drug-likeness (QED) is 0.730. The van der Waals surface area contributed by atoms with Gasteiger partial charge in [-0.1, -0.05) is 12.8 Å². The second kappa shape index (κ2) is 7.03. The van der Waals surface area contributed by atoms with Gasteiger partial charge in [0, 0.05) is 24.6 Å². The lowest BCUT2D eigenvalue weighted by Crippen LogP contribution is -2.51. The summed E-state index contributed by atoms with van der Waals surface area (Å²) in [7, 11) is 0. The van der Waals surface area contributed by atoms with Crippen LogP contribution in [0.25, 0.3) is 0 Å². The predicted molar refractivity (Wildman–Crippen MR) is 75.4 cm³/mol. The fourth-order valence-corrected chi connectivity index (χ4v) is 3.45. The Morgan fingerprint density at radius 1 is 1.37 bits per heavy atom. The van der Waals surface area contributed by atoms with Crippen molar-refractivity contribution in [3.8, 4) is 0 Å². The van der Waals surface area contributed by atoms with Gasteiger partial charge in [-0.05, 0) is 18.8 Å². The highest BCUT2D eigenvalue weighted by Crippen LogP contribution is 2.33. The lowest BCUT2D eigenvalue weighted by molar-refractivity contribution is -0.137. The molecule has 1 aliphatic heterocycles. The molecule has 0 spiro atoms. The molecule has 2 amide bonds. The van der Waals surface area contributed by atoms with Gasteiger partial charge in [-0.15, -0.1) is 0 Å². The van der Waals surface area contributed by atoms with Crippen molar-refractivity contribution in [2.24, 2.45) is 5.92 Å². The topological polar surface area (TPSA) is 69.6 Å². The Hall–Kier alpha value is -0.910. The van der Waals surface area contributed by atoms with E-state index in [4.69, 9.17) is 5.11 Å². The lowest BCUT2D eigenvalue weighted by Gasteiger charge is -2.34. The number of urea groups is 1. The van der Waals surface area contributed by atoms with E-state index in [-0.39, 0.29) is 18.5 Å². The number of carboxylic acids is 1. The van der Waals surface area contributed by atoms with E-state index in [0.717, 1.165) is 23.8 Å². The van der Waals surface area contributed by atoms with Crippen molar-refractivity contribution in [3.63, 3.8) is 0 Å². The summed E-state index contributed by atoms with van der Waals surface area (Å²) in [6.07, 6.45) is 4.97. The summed E-state index contributed by atoms with van der Waals surface area (Å²) in [5, 5.41) is 11.8. The number of hydrogen-bond donors (Lipinski definition) is 2. The van der Waals surface area contributed by atoms with Gasteiger partial charge in [0.15, 0.2) is 0 Å². The molecular formula is C13H22N2O3S. The van der Waals surface area contributed by atoms with Gasteiger partial charge >= 0.3 is 12.0 Å². The van der Waals surface area contributed by atoms with Gasteiger partial charge in [-0.2, -0.15) is 11.8 Å². The minimum atomic E-state index is -0.834. The van der Waals surface area contributed by atoms with Crippen molar-refractivity contribution < 1.29 is 14.7 Å². The minimum Gasteiger partial charge on any atom is -0.481 e. The maximum atomic E-state index is 12.1. The van der Waals surface area contributed by atoms with Crippen molar-refractivity contribution in [1.29, 1.82) is 0 Å². The molecule has 19 heavy (non-hydrogen) atoms. The van der Waals surface area contributed by atoms with Crippen molar-refractivity contribution >= 4 is 23.8 Å². The summed E-state index contributed by atoms with van der Waals surface area (Å²) in [6.45, 7) is 1.36. The summed E-state index contributed by atoms with van der Waals surface area (Å²) < 4.78 is 0. The molecule has 6 heteroatoms. The Morgan fingerprint density at radius 2 is 2.16 bits per heavy atom. The van der Waals surface area contributed by atoms with Crippen LogP contribution in [-0.4, -0.2) is 52.6 Å². The number of carbonyl (C=O) groups excluding carboxylic acids is 1. The third-order valence-electron chi connectivity index (χ3n) is 3.66. The molecule has 5 nitrogen and oxygen atoms in total. The van der Waals surface area contributed by atoms with E-state index in [1.54, 1.807) is 16.7 Å². The van der Waals surface area contributed by atoms with Crippen molar-refractivity contribution in [2.75, 3.05) is 24.6 Å². The molecule has 2 aliphatic rings. The summed E-state index contributed by atoms with van der Waals surface area (Å²) in [6, 6.07) is -0.262. The minimum absolute atomic E-state index is 0.0441. The van der Waals surface area contributed by atoms with Crippen molar-refractivity contribution in [2.45, 2.75) is 38.1 Å². The number of amides is 2. The van der Waals surface area contributed by atoms with Crippen LogP contribution in [0.4, 0.5) is 4.79 Å². The molecule has 2 fully saturated rings. The van der Waals surface area contributed by atoms with Crippen LogP contribution in [0, 0.1) is 5.92 Å². The Balaban J connectivity index is 1.72. The van der Waals surface area contributed by atoms with Gasteiger partial charge in [0.05, 0.1) is 12.5 Å². The Kier molecular flexibility index (Phi) is 5.36. The number of carbonyl (C=O) groups is 2. The van der Waals surface area contributed by atoms with Crippen molar-refractivity contribution in [3.05, 3.63) is 0 Å². The Labute approximate surface area is 118 Å². The molecule has 2 N–H and O–H groups in total. The van der Waals surface area contributed by atoms with E-state index >= 15 is 0 Å². The van der Waals surface area contributed by atoms with E-state index in [1.165, 1.54) is 19.3 Å². The summed E-state index contributed by atoms with van der Waals surface area (Å²) in [5.74, 6) is 1.68. The van der Waals surface area contributed by atoms with Crippen LogP contribution in [-0.2, 0) is 4.79 Å². The molecule has 0 radical (unpaired) electrons. The highest BCUT2D eigenvalue weighted by atomic mass is 32.2. The van der Waals surface area contributed by atoms with E-state index < -0.39 is 5.97 Å². The monoisotopic (exact) mass is 286 g/mol. The summed E-state index contributed by atoms with van der Waals surface area (Å²) in [5.41, 5.74) is 0.